The lowest BCUT2D eigenvalue weighted by molar-refractivity contribution is 0.0943. The van der Waals surface area contributed by atoms with Crippen LogP contribution in [0.5, 0.6) is 0 Å². The standard InChI is InChI=1S/C25H27N3O/c26-14-19-5-4-8-22(13-19)23-16-27-17-24(23)25(29)28-15-18-9-11-21(12-10-18)20-6-2-1-3-7-20/h2,4-8,13,16-18,21,27H,1,3,9-12,15H2,(H,28,29). The summed E-state index contributed by atoms with van der Waals surface area (Å²) in [5, 5.41) is 12.3. The minimum absolute atomic E-state index is 0.0522. The van der Waals surface area contributed by atoms with Gasteiger partial charge in [0.05, 0.1) is 17.2 Å². The first kappa shape index (κ1) is 19.3. The molecule has 0 bridgehead atoms. The van der Waals surface area contributed by atoms with Crippen molar-refractivity contribution in [2.45, 2.75) is 38.5 Å². The fourth-order valence-corrected chi connectivity index (χ4v) is 4.52. The number of aromatic amines is 1. The zero-order valence-corrected chi connectivity index (χ0v) is 16.7. The normalized spacial score (nSPS) is 21.3. The lowest BCUT2D eigenvalue weighted by atomic mass is 9.77. The molecule has 1 saturated carbocycles. The van der Waals surface area contributed by atoms with E-state index in [-0.39, 0.29) is 5.91 Å². The number of nitrogens with zero attached hydrogens (tertiary/aromatic N) is 1. The molecule has 0 spiro atoms. The van der Waals surface area contributed by atoms with Gasteiger partial charge in [-0.25, -0.2) is 0 Å². The van der Waals surface area contributed by atoms with Gasteiger partial charge in [-0.1, -0.05) is 30.4 Å². The van der Waals surface area contributed by atoms with E-state index in [1.807, 2.05) is 24.4 Å². The summed E-state index contributed by atoms with van der Waals surface area (Å²) in [5.74, 6) is 1.19. The van der Waals surface area contributed by atoms with Crippen LogP contribution in [0.3, 0.4) is 0 Å². The summed E-state index contributed by atoms with van der Waals surface area (Å²) < 4.78 is 0. The minimum Gasteiger partial charge on any atom is -0.366 e. The van der Waals surface area contributed by atoms with E-state index in [4.69, 9.17) is 5.26 Å². The van der Waals surface area contributed by atoms with Gasteiger partial charge in [0.1, 0.15) is 0 Å². The van der Waals surface area contributed by atoms with Crippen LogP contribution in [0.15, 0.2) is 60.5 Å². The average Bonchev–Trinajstić information content (AvgIpc) is 3.29. The van der Waals surface area contributed by atoms with E-state index in [9.17, 15) is 4.79 Å². The molecule has 2 aliphatic carbocycles. The molecule has 1 amide bonds. The number of benzene rings is 1. The summed E-state index contributed by atoms with van der Waals surface area (Å²) in [5.41, 5.74) is 4.46. The maximum absolute atomic E-state index is 12.8. The van der Waals surface area contributed by atoms with Crippen LogP contribution in [0.4, 0.5) is 0 Å². The van der Waals surface area contributed by atoms with Crippen LogP contribution in [-0.4, -0.2) is 17.4 Å². The topological polar surface area (TPSA) is 68.7 Å². The molecule has 2 N–H and O–H groups in total. The molecule has 4 rings (SSSR count). The van der Waals surface area contributed by atoms with Gasteiger partial charge in [0, 0.05) is 24.5 Å². The van der Waals surface area contributed by atoms with Crippen molar-refractivity contribution in [2.75, 3.05) is 6.54 Å². The third-order valence-electron chi connectivity index (χ3n) is 6.19. The third kappa shape index (κ3) is 4.51. The number of H-pyrrole nitrogens is 1. The molecule has 0 atom stereocenters. The highest BCUT2D eigenvalue weighted by Crippen LogP contribution is 2.35. The average molecular weight is 386 g/mol. The molecular formula is C25H27N3O. The van der Waals surface area contributed by atoms with E-state index >= 15 is 0 Å². The second kappa shape index (κ2) is 8.96. The number of carbonyl (C=O) groups excluding carboxylic acids is 1. The van der Waals surface area contributed by atoms with Crippen LogP contribution in [-0.2, 0) is 0 Å². The van der Waals surface area contributed by atoms with Crippen molar-refractivity contribution in [1.29, 1.82) is 5.26 Å². The van der Waals surface area contributed by atoms with Gasteiger partial charge >= 0.3 is 0 Å². The van der Waals surface area contributed by atoms with E-state index in [0.717, 1.165) is 17.7 Å². The van der Waals surface area contributed by atoms with Crippen LogP contribution in [0, 0.1) is 23.2 Å². The van der Waals surface area contributed by atoms with Gasteiger partial charge in [0.15, 0.2) is 0 Å². The molecule has 1 heterocycles. The monoisotopic (exact) mass is 385 g/mol. The van der Waals surface area contributed by atoms with Crippen molar-refractivity contribution in [2.24, 2.45) is 11.8 Å². The Morgan fingerprint density at radius 2 is 2.03 bits per heavy atom. The first-order valence-corrected chi connectivity index (χ1v) is 10.6. The Morgan fingerprint density at radius 1 is 1.17 bits per heavy atom. The number of carbonyl (C=O) groups is 1. The maximum atomic E-state index is 12.8. The van der Waals surface area contributed by atoms with E-state index < -0.39 is 0 Å². The Kier molecular flexibility index (Phi) is 5.95. The second-order valence-corrected chi connectivity index (χ2v) is 8.09. The number of hydrogen-bond acceptors (Lipinski definition) is 2. The summed E-state index contributed by atoms with van der Waals surface area (Å²) in [6.45, 7) is 0.725. The predicted octanol–water partition coefficient (Wildman–Crippen LogP) is 5.37. The zero-order valence-electron chi connectivity index (χ0n) is 16.7. The molecule has 1 aromatic carbocycles. The van der Waals surface area contributed by atoms with Crippen LogP contribution in [0.25, 0.3) is 11.1 Å². The summed E-state index contributed by atoms with van der Waals surface area (Å²) in [6, 6.07) is 9.51. The second-order valence-electron chi connectivity index (χ2n) is 8.09. The van der Waals surface area contributed by atoms with Crippen LogP contribution >= 0.6 is 0 Å². The highest BCUT2D eigenvalue weighted by Gasteiger charge is 2.24. The van der Waals surface area contributed by atoms with Crippen LogP contribution in [0.2, 0.25) is 0 Å². The van der Waals surface area contributed by atoms with Crippen molar-refractivity contribution >= 4 is 5.91 Å². The Morgan fingerprint density at radius 3 is 2.79 bits per heavy atom. The largest absolute Gasteiger partial charge is 0.366 e. The molecule has 4 nitrogen and oxygen atoms in total. The molecule has 2 aliphatic rings. The number of rotatable bonds is 5. The fourth-order valence-electron chi connectivity index (χ4n) is 4.52. The van der Waals surface area contributed by atoms with E-state index in [1.54, 1.807) is 12.3 Å². The van der Waals surface area contributed by atoms with Gasteiger partial charge in [-0.3, -0.25) is 4.79 Å². The quantitative estimate of drug-likeness (QED) is 0.727. The number of amides is 1. The van der Waals surface area contributed by atoms with Crippen molar-refractivity contribution < 1.29 is 4.79 Å². The number of allylic oxidation sites excluding steroid dienone is 4. The van der Waals surface area contributed by atoms with Gasteiger partial charge in [0.2, 0.25) is 0 Å². The van der Waals surface area contributed by atoms with E-state index in [0.29, 0.717) is 23.0 Å². The first-order valence-electron chi connectivity index (χ1n) is 10.6. The molecular weight excluding hydrogens is 358 g/mol. The van der Waals surface area contributed by atoms with Crippen molar-refractivity contribution in [1.82, 2.24) is 10.3 Å². The van der Waals surface area contributed by atoms with Gasteiger partial charge in [-0.2, -0.15) is 5.26 Å². The lowest BCUT2D eigenvalue weighted by Gasteiger charge is -2.30. The predicted molar refractivity (Wildman–Crippen MR) is 115 cm³/mol. The fraction of sp³-hybridized carbons (Fsp3) is 0.360. The van der Waals surface area contributed by atoms with Gasteiger partial charge in [0.25, 0.3) is 5.91 Å². The number of aromatic nitrogens is 1. The molecule has 1 aromatic heterocycles. The number of hydrogen-bond donors (Lipinski definition) is 2. The molecule has 0 unspecified atom stereocenters. The SMILES string of the molecule is N#Cc1cccc(-c2c[nH]cc2C(=O)NCC2CCC(C3=CCCC=C3)CC2)c1. The first-order chi connectivity index (χ1) is 14.2. The van der Waals surface area contributed by atoms with Crippen molar-refractivity contribution in [3.8, 4) is 17.2 Å². The molecule has 29 heavy (non-hydrogen) atoms. The Labute approximate surface area is 172 Å². The number of nitriles is 1. The molecule has 4 heteroatoms. The van der Waals surface area contributed by atoms with E-state index in [2.05, 4.69) is 34.6 Å². The van der Waals surface area contributed by atoms with Crippen LogP contribution < -0.4 is 5.32 Å². The molecule has 1 fully saturated rings. The molecule has 148 valence electrons. The Bertz CT molecular complexity index is 968. The van der Waals surface area contributed by atoms with Crippen molar-refractivity contribution in [3.05, 3.63) is 71.6 Å². The molecule has 0 aliphatic heterocycles. The highest BCUT2D eigenvalue weighted by atomic mass is 16.1. The Hall–Kier alpha value is -3.06. The van der Waals surface area contributed by atoms with Crippen LogP contribution in [0.1, 0.15) is 54.4 Å². The zero-order chi connectivity index (χ0) is 20.1. The Balaban J connectivity index is 1.33. The molecule has 0 radical (unpaired) electrons. The summed E-state index contributed by atoms with van der Waals surface area (Å²) in [6.07, 6.45) is 17.7. The number of nitrogens with one attached hydrogen (secondary N) is 2. The lowest BCUT2D eigenvalue weighted by Crippen LogP contribution is -2.31. The smallest absolute Gasteiger partial charge is 0.253 e. The van der Waals surface area contributed by atoms with Gasteiger partial charge < -0.3 is 10.3 Å². The van der Waals surface area contributed by atoms with Gasteiger partial charge in [-0.05, 0) is 73.6 Å². The van der Waals surface area contributed by atoms with E-state index in [1.165, 1.54) is 44.1 Å². The summed E-state index contributed by atoms with van der Waals surface area (Å²) in [7, 11) is 0. The third-order valence-corrected chi connectivity index (χ3v) is 6.19. The molecule has 2 aromatic rings. The summed E-state index contributed by atoms with van der Waals surface area (Å²) in [4.78, 5) is 15.8. The minimum atomic E-state index is -0.0522. The molecule has 0 saturated heterocycles. The maximum Gasteiger partial charge on any atom is 0.253 e. The van der Waals surface area contributed by atoms with Gasteiger partial charge in [-0.15, -0.1) is 0 Å². The summed E-state index contributed by atoms with van der Waals surface area (Å²) >= 11 is 0. The highest BCUT2D eigenvalue weighted by molar-refractivity contribution is 6.00. The van der Waals surface area contributed by atoms with Crippen molar-refractivity contribution in [3.63, 3.8) is 0 Å².